The highest BCUT2D eigenvalue weighted by molar-refractivity contribution is 7.17. The van der Waals surface area contributed by atoms with Crippen molar-refractivity contribution < 1.29 is 5.11 Å². The molecule has 4 nitrogen and oxygen atoms in total. The number of thiophene rings is 1. The van der Waals surface area contributed by atoms with Crippen LogP contribution in [0.4, 0.5) is 0 Å². The Morgan fingerprint density at radius 3 is 3.06 bits per heavy atom. The highest BCUT2D eigenvalue weighted by Crippen LogP contribution is 2.28. The predicted molar refractivity (Wildman–Crippen MR) is 66.9 cm³/mol. The Balaban J connectivity index is 1.90. The summed E-state index contributed by atoms with van der Waals surface area (Å²) in [6.45, 7) is 0. The average molecular weight is 245 g/mol. The number of fused-ring (bicyclic) bond motifs is 1. The number of aromatic amines is 1. The first-order valence-corrected chi connectivity index (χ1v) is 6.21. The molecule has 0 saturated carbocycles. The smallest absolute Gasteiger partial charge is 0.153 e. The molecule has 0 aliphatic rings. The molecule has 0 bridgehead atoms. The van der Waals surface area contributed by atoms with Gasteiger partial charge in [0.15, 0.2) is 5.82 Å². The van der Waals surface area contributed by atoms with Crippen LogP contribution in [0, 0.1) is 0 Å². The summed E-state index contributed by atoms with van der Waals surface area (Å²) in [6, 6.07) is 8.20. The molecule has 0 fully saturated rings. The number of hydrogen-bond donors (Lipinski definition) is 2. The van der Waals surface area contributed by atoms with E-state index in [2.05, 4.69) is 32.7 Å². The van der Waals surface area contributed by atoms with Crippen LogP contribution in [0.15, 0.2) is 36.0 Å². The van der Waals surface area contributed by atoms with Gasteiger partial charge in [0, 0.05) is 11.1 Å². The first kappa shape index (κ1) is 10.4. The molecule has 0 amide bonds. The van der Waals surface area contributed by atoms with E-state index in [1.807, 2.05) is 12.1 Å². The summed E-state index contributed by atoms with van der Waals surface area (Å²) in [5.41, 5.74) is 1.15. The summed E-state index contributed by atoms with van der Waals surface area (Å²) in [5.74, 6) is 0.514. The molecule has 0 spiro atoms. The molecule has 5 heteroatoms. The second-order valence-corrected chi connectivity index (χ2v) is 4.76. The Morgan fingerprint density at radius 2 is 2.24 bits per heavy atom. The number of nitrogens with one attached hydrogen (secondary N) is 1. The molecule has 17 heavy (non-hydrogen) atoms. The van der Waals surface area contributed by atoms with E-state index in [1.165, 1.54) is 16.4 Å². The van der Waals surface area contributed by atoms with E-state index in [0.29, 0.717) is 12.2 Å². The van der Waals surface area contributed by atoms with Gasteiger partial charge in [0.2, 0.25) is 0 Å². The number of nitrogens with zero attached hydrogens (tertiary/aromatic N) is 2. The lowest BCUT2D eigenvalue weighted by Crippen LogP contribution is -2.03. The number of aromatic nitrogens is 3. The van der Waals surface area contributed by atoms with Crippen LogP contribution in [0.2, 0.25) is 0 Å². The largest absolute Gasteiger partial charge is 0.385 e. The number of rotatable bonds is 3. The van der Waals surface area contributed by atoms with Crippen LogP contribution >= 0.6 is 11.3 Å². The number of aliphatic hydroxyl groups excluding tert-OH is 1. The molecular weight excluding hydrogens is 234 g/mol. The molecule has 2 N–H and O–H groups in total. The highest BCUT2D eigenvalue weighted by Gasteiger charge is 2.13. The number of benzene rings is 1. The lowest BCUT2D eigenvalue weighted by atomic mass is 10.1. The van der Waals surface area contributed by atoms with Gasteiger partial charge in [-0.3, -0.25) is 5.10 Å². The van der Waals surface area contributed by atoms with Gasteiger partial charge in [-0.25, -0.2) is 4.98 Å². The van der Waals surface area contributed by atoms with Crippen molar-refractivity contribution in [3.63, 3.8) is 0 Å². The minimum atomic E-state index is -0.629. The number of hydrogen-bond acceptors (Lipinski definition) is 4. The molecule has 86 valence electrons. The quantitative estimate of drug-likeness (QED) is 0.744. The number of aliphatic hydroxyl groups is 1. The molecule has 3 rings (SSSR count). The third-order valence-corrected chi connectivity index (χ3v) is 3.74. The van der Waals surface area contributed by atoms with E-state index in [0.717, 1.165) is 5.56 Å². The van der Waals surface area contributed by atoms with Gasteiger partial charge in [0.25, 0.3) is 0 Å². The monoisotopic (exact) mass is 245 g/mol. The molecule has 0 saturated heterocycles. The average Bonchev–Trinajstić information content (AvgIpc) is 2.98. The molecule has 0 aliphatic heterocycles. The zero-order valence-electron chi connectivity index (χ0n) is 9.00. The maximum atomic E-state index is 10.0. The second-order valence-electron chi connectivity index (χ2n) is 3.85. The van der Waals surface area contributed by atoms with E-state index >= 15 is 0 Å². The molecule has 0 radical (unpaired) electrons. The van der Waals surface area contributed by atoms with Crippen LogP contribution in [-0.2, 0) is 6.42 Å². The van der Waals surface area contributed by atoms with E-state index in [-0.39, 0.29) is 0 Å². The topological polar surface area (TPSA) is 61.8 Å². The zero-order chi connectivity index (χ0) is 11.7. The second kappa shape index (κ2) is 4.27. The van der Waals surface area contributed by atoms with Gasteiger partial charge in [0.1, 0.15) is 12.4 Å². The summed E-state index contributed by atoms with van der Waals surface area (Å²) >= 11 is 1.70. The van der Waals surface area contributed by atoms with Crippen molar-refractivity contribution in [2.45, 2.75) is 12.5 Å². The molecule has 2 aromatic heterocycles. The van der Waals surface area contributed by atoms with Crippen molar-refractivity contribution in [1.82, 2.24) is 15.2 Å². The fraction of sp³-hybridized carbons (Fsp3) is 0.167. The van der Waals surface area contributed by atoms with E-state index in [9.17, 15) is 5.11 Å². The van der Waals surface area contributed by atoms with E-state index < -0.39 is 6.10 Å². The van der Waals surface area contributed by atoms with Crippen LogP contribution < -0.4 is 0 Å². The fourth-order valence-electron chi connectivity index (χ4n) is 1.87. The van der Waals surface area contributed by atoms with Gasteiger partial charge in [-0.05, 0) is 22.4 Å². The van der Waals surface area contributed by atoms with Gasteiger partial charge < -0.3 is 5.11 Å². The third kappa shape index (κ3) is 1.94. The van der Waals surface area contributed by atoms with E-state index in [4.69, 9.17) is 0 Å². The maximum Gasteiger partial charge on any atom is 0.153 e. The van der Waals surface area contributed by atoms with Gasteiger partial charge in [-0.1, -0.05) is 18.2 Å². The van der Waals surface area contributed by atoms with Crippen LogP contribution in [0.5, 0.6) is 0 Å². The minimum absolute atomic E-state index is 0.514. The van der Waals surface area contributed by atoms with Crippen LogP contribution in [-0.4, -0.2) is 20.3 Å². The van der Waals surface area contributed by atoms with Gasteiger partial charge in [-0.2, -0.15) is 5.10 Å². The standard InChI is InChI=1S/C12H11N3OS/c16-10(12-13-7-14-15-12)5-8-6-17-11-4-2-1-3-9(8)11/h1-4,6-7,10,16H,5H2,(H,13,14,15). The maximum absolute atomic E-state index is 10.0. The summed E-state index contributed by atoms with van der Waals surface area (Å²) in [5, 5.41) is 19.7. The molecule has 1 atom stereocenters. The summed E-state index contributed by atoms with van der Waals surface area (Å²) in [7, 11) is 0. The molecule has 1 aromatic carbocycles. The Bertz CT molecular complexity index is 618. The first-order valence-electron chi connectivity index (χ1n) is 5.33. The van der Waals surface area contributed by atoms with Crippen molar-refractivity contribution >= 4 is 21.4 Å². The Kier molecular flexibility index (Phi) is 2.62. The molecular formula is C12H11N3OS. The first-order chi connectivity index (χ1) is 8.34. The van der Waals surface area contributed by atoms with Gasteiger partial charge in [0.05, 0.1) is 0 Å². The molecule has 0 aliphatic carbocycles. The Labute approximate surface area is 102 Å². The fourth-order valence-corrected chi connectivity index (χ4v) is 2.85. The Morgan fingerprint density at radius 1 is 1.35 bits per heavy atom. The van der Waals surface area contributed by atoms with Crippen molar-refractivity contribution in [3.8, 4) is 0 Å². The lowest BCUT2D eigenvalue weighted by Gasteiger charge is -2.05. The van der Waals surface area contributed by atoms with Crippen molar-refractivity contribution in [1.29, 1.82) is 0 Å². The highest BCUT2D eigenvalue weighted by atomic mass is 32.1. The third-order valence-electron chi connectivity index (χ3n) is 2.72. The van der Waals surface area contributed by atoms with Crippen LogP contribution in [0.25, 0.3) is 10.1 Å². The molecule has 2 heterocycles. The predicted octanol–water partition coefficient (Wildman–Crippen LogP) is 2.30. The summed E-state index contributed by atoms with van der Waals surface area (Å²) < 4.78 is 1.24. The zero-order valence-corrected chi connectivity index (χ0v) is 9.81. The van der Waals surface area contributed by atoms with Gasteiger partial charge in [-0.15, -0.1) is 11.3 Å². The normalized spacial score (nSPS) is 13.0. The van der Waals surface area contributed by atoms with E-state index in [1.54, 1.807) is 11.3 Å². The van der Waals surface area contributed by atoms with Crippen molar-refractivity contribution in [2.24, 2.45) is 0 Å². The minimum Gasteiger partial charge on any atom is -0.385 e. The van der Waals surface area contributed by atoms with Crippen LogP contribution in [0.3, 0.4) is 0 Å². The summed E-state index contributed by atoms with van der Waals surface area (Å²) in [6.07, 6.45) is 1.33. The summed E-state index contributed by atoms with van der Waals surface area (Å²) in [4.78, 5) is 3.96. The Hall–Kier alpha value is -1.72. The van der Waals surface area contributed by atoms with Gasteiger partial charge >= 0.3 is 0 Å². The van der Waals surface area contributed by atoms with Crippen molar-refractivity contribution in [3.05, 3.63) is 47.4 Å². The number of H-pyrrole nitrogens is 1. The SMILES string of the molecule is OC(Cc1csc2ccccc12)c1ncn[nH]1. The lowest BCUT2D eigenvalue weighted by molar-refractivity contribution is 0.169. The molecule has 3 aromatic rings. The van der Waals surface area contributed by atoms with Crippen molar-refractivity contribution in [2.75, 3.05) is 0 Å². The van der Waals surface area contributed by atoms with Crippen LogP contribution in [0.1, 0.15) is 17.5 Å². The molecule has 1 unspecified atom stereocenters.